The summed E-state index contributed by atoms with van der Waals surface area (Å²) in [5.74, 6) is 0.519. The van der Waals surface area contributed by atoms with Crippen LogP contribution in [-0.2, 0) is 37.1 Å². The van der Waals surface area contributed by atoms with Crippen molar-refractivity contribution in [3.05, 3.63) is 65.4 Å². The van der Waals surface area contributed by atoms with Crippen LogP contribution >= 0.6 is 0 Å². The minimum Gasteiger partial charge on any atom is -0.351 e. The third-order valence-corrected chi connectivity index (χ3v) is 6.15. The second kappa shape index (κ2) is 8.08. The Kier molecular flexibility index (Phi) is 4.78. The Balaban J connectivity index is 1.07. The van der Waals surface area contributed by atoms with Gasteiger partial charge in [0.2, 0.25) is 12.5 Å². The predicted octanol–water partition coefficient (Wildman–Crippen LogP) is 0.701. The molecule has 4 aromatic rings. The average Bonchev–Trinajstić information content (AvgIpc) is 3.58. The molecule has 0 spiro atoms. The minimum atomic E-state index is -0.0651. The molecule has 166 valence electrons. The Morgan fingerprint density at radius 1 is 1.15 bits per heavy atom. The smallest absolute Gasteiger partial charge is 0.276 e. The highest BCUT2D eigenvalue weighted by molar-refractivity contribution is 5.74. The van der Waals surface area contributed by atoms with Crippen molar-refractivity contribution in [2.75, 3.05) is 11.9 Å². The molecule has 11 nitrogen and oxygen atoms in total. The molecule has 0 saturated carbocycles. The van der Waals surface area contributed by atoms with Crippen LogP contribution in [0.25, 0.3) is 11.3 Å². The Morgan fingerprint density at radius 2 is 1.91 bits per heavy atom. The van der Waals surface area contributed by atoms with Gasteiger partial charge in [0.25, 0.3) is 11.6 Å². The largest absolute Gasteiger partial charge is 0.351 e. The molecule has 2 aliphatic rings. The maximum absolute atomic E-state index is 12.7. The van der Waals surface area contributed by atoms with Crippen LogP contribution in [-0.4, -0.2) is 53.9 Å². The van der Waals surface area contributed by atoms with Crippen molar-refractivity contribution in [2.45, 2.75) is 38.4 Å². The number of nitrogens with zero attached hydrogens (tertiary/aromatic N) is 7. The van der Waals surface area contributed by atoms with Crippen molar-refractivity contribution in [2.24, 2.45) is 0 Å². The highest BCUT2D eigenvalue weighted by Gasteiger charge is 2.27. The number of rotatable bonds is 5. The third-order valence-electron chi connectivity index (χ3n) is 6.15. The molecule has 4 heterocycles. The van der Waals surface area contributed by atoms with E-state index in [0.29, 0.717) is 31.2 Å². The molecule has 0 unspecified atom stereocenters. The first-order valence-electron chi connectivity index (χ1n) is 10.9. The fourth-order valence-corrected chi connectivity index (χ4v) is 4.41. The quantitative estimate of drug-likeness (QED) is 0.431. The number of hydrogen-bond acceptors (Lipinski definition) is 8. The number of aromatic nitrogens is 7. The lowest BCUT2D eigenvalue weighted by atomic mass is 10.1. The fourth-order valence-electron chi connectivity index (χ4n) is 4.41. The maximum Gasteiger partial charge on any atom is 0.276 e. The number of aromatic amines is 1. The first kappa shape index (κ1) is 19.5. The van der Waals surface area contributed by atoms with E-state index in [9.17, 15) is 4.79 Å². The second-order valence-electron chi connectivity index (χ2n) is 8.36. The number of hydrogen-bond donors (Lipinski definition) is 2. The van der Waals surface area contributed by atoms with Crippen LogP contribution in [0.2, 0.25) is 0 Å². The zero-order valence-corrected chi connectivity index (χ0v) is 17.8. The number of carbonyl (C=O) groups excluding carboxylic acids is 1. The standard InChI is InChI=1S/C22H22N9O2/c32-21(30-6-5-18-20(11-30)27-29-26-18)13-31-12-19(28-33-31)16-9-23-22(24-10-16)25-17-7-14-3-1-2-4-15(14)8-17/h1-4,9-10,12,17H,5-8,11,13H2,(H,23,24,25)(H,26,27,29)/q+1. The monoisotopic (exact) mass is 444 g/mol. The highest BCUT2D eigenvalue weighted by atomic mass is 16.6. The van der Waals surface area contributed by atoms with Crippen LogP contribution in [0.3, 0.4) is 0 Å². The van der Waals surface area contributed by atoms with Crippen LogP contribution in [0, 0.1) is 0 Å². The van der Waals surface area contributed by atoms with Gasteiger partial charge in [0.15, 0.2) is 11.4 Å². The first-order chi connectivity index (χ1) is 16.2. The van der Waals surface area contributed by atoms with Crippen molar-refractivity contribution in [1.29, 1.82) is 0 Å². The third kappa shape index (κ3) is 3.93. The minimum absolute atomic E-state index is 0.0585. The Morgan fingerprint density at radius 3 is 2.70 bits per heavy atom. The van der Waals surface area contributed by atoms with Crippen molar-refractivity contribution in [3.63, 3.8) is 0 Å². The summed E-state index contributed by atoms with van der Waals surface area (Å²) < 4.78 is 6.74. The van der Waals surface area contributed by atoms with Gasteiger partial charge in [-0.3, -0.25) is 4.79 Å². The fraction of sp³-hybridized carbons (Fsp3) is 0.318. The van der Waals surface area contributed by atoms with Gasteiger partial charge in [-0.25, -0.2) is 9.97 Å². The van der Waals surface area contributed by atoms with Gasteiger partial charge < -0.3 is 10.2 Å². The second-order valence-corrected chi connectivity index (χ2v) is 8.36. The van der Waals surface area contributed by atoms with E-state index in [2.05, 4.69) is 60.1 Å². The van der Waals surface area contributed by atoms with Gasteiger partial charge in [-0.1, -0.05) is 33.6 Å². The van der Waals surface area contributed by atoms with Crippen molar-refractivity contribution < 1.29 is 14.2 Å². The molecule has 11 heteroatoms. The molecule has 0 saturated heterocycles. The molecule has 0 atom stereocenters. The molecule has 2 N–H and O–H groups in total. The lowest BCUT2D eigenvalue weighted by Crippen LogP contribution is -2.45. The molecular formula is C22H22N9O2+. The zero-order chi connectivity index (χ0) is 22.2. The molecule has 33 heavy (non-hydrogen) atoms. The average molecular weight is 444 g/mol. The van der Waals surface area contributed by atoms with E-state index >= 15 is 0 Å². The van der Waals surface area contributed by atoms with Crippen molar-refractivity contribution in [3.8, 4) is 11.3 Å². The lowest BCUT2D eigenvalue weighted by Gasteiger charge is -2.24. The molecule has 1 aliphatic carbocycles. The first-order valence-corrected chi connectivity index (χ1v) is 10.9. The van der Waals surface area contributed by atoms with Crippen molar-refractivity contribution in [1.82, 2.24) is 35.4 Å². The number of nitrogens with one attached hydrogen (secondary N) is 2. The summed E-state index contributed by atoms with van der Waals surface area (Å²) in [5, 5.41) is 18.3. The van der Waals surface area contributed by atoms with E-state index in [4.69, 9.17) is 4.63 Å². The Labute approximate surface area is 188 Å². The molecule has 0 radical (unpaired) electrons. The normalized spacial score (nSPS) is 15.3. The van der Waals surface area contributed by atoms with Gasteiger partial charge in [-0.15, -0.1) is 0 Å². The van der Waals surface area contributed by atoms with Gasteiger partial charge in [0.1, 0.15) is 5.69 Å². The number of fused-ring (bicyclic) bond motifs is 2. The van der Waals surface area contributed by atoms with E-state index in [0.717, 1.165) is 29.8 Å². The van der Waals surface area contributed by atoms with Crippen LogP contribution in [0.1, 0.15) is 22.5 Å². The molecule has 0 fully saturated rings. The van der Waals surface area contributed by atoms with E-state index in [1.54, 1.807) is 23.5 Å². The molecule has 0 bridgehead atoms. The molecule has 1 aliphatic heterocycles. The molecule has 1 aromatic carbocycles. The topological polar surface area (TPSA) is 130 Å². The Bertz CT molecular complexity index is 1270. The summed E-state index contributed by atoms with van der Waals surface area (Å²) in [7, 11) is 0. The summed E-state index contributed by atoms with van der Waals surface area (Å²) >= 11 is 0. The molecule has 3 aromatic heterocycles. The SMILES string of the molecule is O=C(C[n+]1cc(-c2cnc(NC3Cc4ccccc4C3)nc2)no1)N1CCc2n[nH]nc2C1. The number of benzene rings is 1. The molecule has 6 rings (SSSR count). The van der Waals surface area contributed by atoms with Gasteiger partial charge >= 0.3 is 0 Å². The zero-order valence-electron chi connectivity index (χ0n) is 17.8. The number of H-pyrrole nitrogens is 1. The van der Waals surface area contributed by atoms with Crippen LogP contribution in [0.5, 0.6) is 0 Å². The number of anilines is 1. The van der Waals surface area contributed by atoms with Crippen molar-refractivity contribution >= 4 is 11.9 Å². The molecule has 1 amide bonds. The van der Waals surface area contributed by atoms with E-state index < -0.39 is 0 Å². The number of carbonyl (C=O) groups is 1. The van der Waals surface area contributed by atoms with E-state index in [1.165, 1.54) is 15.9 Å². The summed E-state index contributed by atoms with van der Waals surface area (Å²) in [6.45, 7) is 1.11. The maximum atomic E-state index is 12.7. The van der Waals surface area contributed by atoms with Gasteiger partial charge in [0, 0.05) is 31.4 Å². The predicted molar refractivity (Wildman–Crippen MR) is 114 cm³/mol. The summed E-state index contributed by atoms with van der Waals surface area (Å²) in [5.41, 5.74) is 5.77. The van der Waals surface area contributed by atoms with E-state index in [1.807, 2.05) is 0 Å². The van der Waals surface area contributed by atoms with Gasteiger partial charge in [-0.2, -0.15) is 15.4 Å². The van der Waals surface area contributed by atoms with Gasteiger partial charge in [-0.05, 0) is 24.0 Å². The lowest BCUT2D eigenvalue weighted by molar-refractivity contribution is -0.863. The van der Waals surface area contributed by atoms with Gasteiger partial charge in [0.05, 0.1) is 17.8 Å². The molecular weight excluding hydrogens is 422 g/mol. The summed E-state index contributed by atoms with van der Waals surface area (Å²) in [6, 6.07) is 8.77. The number of amides is 1. The summed E-state index contributed by atoms with van der Waals surface area (Å²) in [4.78, 5) is 23.3. The Hall–Kier alpha value is -4.15. The summed E-state index contributed by atoms with van der Waals surface area (Å²) in [6.07, 6.45) is 7.72. The van der Waals surface area contributed by atoms with Crippen LogP contribution < -0.4 is 10.1 Å². The highest BCUT2D eigenvalue weighted by Crippen LogP contribution is 2.24. The van der Waals surface area contributed by atoms with E-state index in [-0.39, 0.29) is 18.5 Å². The van der Waals surface area contributed by atoms with Crippen LogP contribution in [0.15, 0.2) is 47.5 Å². The van der Waals surface area contributed by atoms with Crippen LogP contribution in [0.4, 0.5) is 5.95 Å².